The van der Waals surface area contributed by atoms with Crippen molar-refractivity contribution in [3.8, 4) is 0 Å². The van der Waals surface area contributed by atoms with Gasteiger partial charge in [-0.15, -0.1) is 0 Å². The summed E-state index contributed by atoms with van der Waals surface area (Å²) in [6.07, 6.45) is 6.14. The molecule has 0 aliphatic carbocycles. The van der Waals surface area contributed by atoms with E-state index in [0.717, 1.165) is 25.1 Å². The van der Waals surface area contributed by atoms with Crippen LogP contribution in [0.2, 0.25) is 0 Å². The number of rotatable bonds is 2. The van der Waals surface area contributed by atoms with Crippen molar-refractivity contribution < 1.29 is 4.39 Å². The predicted molar refractivity (Wildman–Crippen MR) is 73.2 cm³/mol. The van der Waals surface area contributed by atoms with E-state index in [-0.39, 0.29) is 17.3 Å². The Balaban J connectivity index is 1.84. The minimum Gasteiger partial charge on any atom is -0.368 e. The van der Waals surface area contributed by atoms with Crippen molar-refractivity contribution in [2.45, 2.75) is 18.8 Å². The minimum absolute atomic E-state index is 0.151. The van der Waals surface area contributed by atoms with Gasteiger partial charge >= 0.3 is 0 Å². The largest absolute Gasteiger partial charge is 0.368 e. The second kappa shape index (κ2) is 5.40. The normalized spacial score (nSPS) is 19.1. The molecule has 0 aromatic carbocycles. The molecule has 1 aliphatic rings. The van der Waals surface area contributed by atoms with E-state index in [4.69, 9.17) is 0 Å². The summed E-state index contributed by atoms with van der Waals surface area (Å²) in [5.41, 5.74) is 1.18. The van der Waals surface area contributed by atoms with Crippen LogP contribution in [0.5, 0.6) is 0 Å². The average molecular weight is 274 g/mol. The summed E-state index contributed by atoms with van der Waals surface area (Å²) in [5, 5.41) is 0. The maximum Gasteiger partial charge on any atom is 0.250 e. The Morgan fingerprint density at radius 1 is 1.45 bits per heavy atom. The van der Waals surface area contributed by atoms with Crippen molar-refractivity contribution in [1.82, 2.24) is 15.0 Å². The third-order valence-electron chi connectivity index (χ3n) is 3.63. The molecule has 20 heavy (non-hydrogen) atoms. The molecule has 1 unspecified atom stereocenters. The van der Waals surface area contributed by atoms with Crippen LogP contribution in [-0.4, -0.2) is 28.0 Å². The van der Waals surface area contributed by atoms with E-state index >= 15 is 0 Å². The van der Waals surface area contributed by atoms with Crippen molar-refractivity contribution in [2.24, 2.45) is 0 Å². The van der Waals surface area contributed by atoms with Gasteiger partial charge < -0.3 is 9.88 Å². The molecule has 1 N–H and O–H groups in total. The maximum absolute atomic E-state index is 13.8. The molecule has 5 nitrogen and oxygen atoms in total. The molecule has 2 aromatic heterocycles. The second-order valence-electron chi connectivity index (χ2n) is 4.95. The van der Waals surface area contributed by atoms with E-state index < -0.39 is 0 Å². The SMILES string of the molecule is O=c1cc(C2CCCN(c3ccncc3F)C2)nc[nH]1. The molecule has 3 heterocycles. The van der Waals surface area contributed by atoms with Gasteiger partial charge in [-0.25, -0.2) is 9.37 Å². The third kappa shape index (κ3) is 2.54. The summed E-state index contributed by atoms with van der Waals surface area (Å²) in [7, 11) is 0. The number of aromatic amines is 1. The van der Waals surface area contributed by atoms with Crippen LogP contribution in [0.4, 0.5) is 10.1 Å². The van der Waals surface area contributed by atoms with Gasteiger partial charge in [-0.3, -0.25) is 9.78 Å². The van der Waals surface area contributed by atoms with Crippen LogP contribution in [0.3, 0.4) is 0 Å². The van der Waals surface area contributed by atoms with Gasteiger partial charge in [0.1, 0.15) is 0 Å². The molecule has 0 amide bonds. The van der Waals surface area contributed by atoms with Crippen molar-refractivity contribution >= 4 is 5.69 Å². The molecule has 1 saturated heterocycles. The van der Waals surface area contributed by atoms with Crippen LogP contribution < -0.4 is 10.5 Å². The molecule has 2 aromatic rings. The summed E-state index contributed by atoms with van der Waals surface area (Å²) in [4.78, 5) is 23.9. The number of nitrogens with zero attached hydrogens (tertiary/aromatic N) is 3. The number of hydrogen-bond donors (Lipinski definition) is 1. The minimum atomic E-state index is -0.313. The maximum atomic E-state index is 13.8. The van der Waals surface area contributed by atoms with Gasteiger partial charge in [-0.1, -0.05) is 0 Å². The van der Waals surface area contributed by atoms with E-state index in [2.05, 4.69) is 15.0 Å². The van der Waals surface area contributed by atoms with Gasteiger partial charge in [0.25, 0.3) is 5.56 Å². The summed E-state index contributed by atoms with van der Waals surface area (Å²) >= 11 is 0. The van der Waals surface area contributed by atoms with E-state index in [0.29, 0.717) is 12.2 Å². The van der Waals surface area contributed by atoms with Crippen LogP contribution in [0.15, 0.2) is 35.6 Å². The van der Waals surface area contributed by atoms with Crippen LogP contribution in [0.25, 0.3) is 0 Å². The lowest BCUT2D eigenvalue weighted by Gasteiger charge is -2.34. The Morgan fingerprint density at radius 3 is 3.15 bits per heavy atom. The Morgan fingerprint density at radius 2 is 2.35 bits per heavy atom. The molecule has 104 valence electrons. The average Bonchev–Trinajstić information content (AvgIpc) is 2.48. The number of piperidine rings is 1. The lowest BCUT2D eigenvalue weighted by molar-refractivity contribution is 0.492. The fourth-order valence-corrected chi connectivity index (χ4v) is 2.67. The molecular formula is C14H15FN4O. The molecular weight excluding hydrogens is 259 g/mol. The first-order chi connectivity index (χ1) is 9.74. The Kier molecular flexibility index (Phi) is 3.45. The van der Waals surface area contributed by atoms with Gasteiger partial charge in [0.05, 0.1) is 23.9 Å². The lowest BCUT2D eigenvalue weighted by Crippen LogP contribution is -2.35. The number of pyridine rings is 1. The summed E-state index contributed by atoms with van der Waals surface area (Å²) in [6.45, 7) is 1.47. The summed E-state index contributed by atoms with van der Waals surface area (Å²) < 4.78 is 13.8. The molecule has 1 aliphatic heterocycles. The van der Waals surface area contributed by atoms with Crippen LogP contribution in [-0.2, 0) is 0 Å². The molecule has 0 spiro atoms. The van der Waals surface area contributed by atoms with Crippen molar-refractivity contribution in [3.05, 3.63) is 52.7 Å². The third-order valence-corrected chi connectivity index (χ3v) is 3.63. The van der Waals surface area contributed by atoms with Crippen molar-refractivity contribution in [1.29, 1.82) is 0 Å². The van der Waals surface area contributed by atoms with Crippen molar-refractivity contribution in [3.63, 3.8) is 0 Å². The number of hydrogen-bond acceptors (Lipinski definition) is 4. The first kappa shape index (κ1) is 12.8. The van der Waals surface area contributed by atoms with Gasteiger partial charge in [0, 0.05) is 31.3 Å². The summed E-state index contributed by atoms with van der Waals surface area (Å²) in [5.74, 6) is -0.161. The Labute approximate surface area is 115 Å². The number of halogens is 1. The molecule has 6 heteroatoms. The topological polar surface area (TPSA) is 61.9 Å². The van der Waals surface area contributed by atoms with Crippen LogP contribution in [0, 0.1) is 5.82 Å². The molecule has 0 bridgehead atoms. The van der Waals surface area contributed by atoms with Gasteiger partial charge in [-0.2, -0.15) is 0 Å². The van der Waals surface area contributed by atoms with Crippen LogP contribution in [0.1, 0.15) is 24.5 Å². The molecule has 1 fully saturated rings. The van der Waals surface area contributed by atoms with Gasteiger partial charge in [0.15, 0.2) is 5.82 Å². The number of H-pyrrole nitrogens is 1. The second-order valence-corrected chi connectivity index (χ2v) is 4.95. The fourth-order valence-electron chi connectivity index (χ4n) is 2.67. The fraction of sp³-hybridized carbons (Fsp3) is 0.357. The number of nitrogens with one attached hydrogen (secondary N) is 1. The highest BCUT2D eigenvalue weighted by molar-refractivity contribution is 5.47. The molecule has 1 atom stereocenters. The van der Waals surface area contributed by atoms with E-state index in [1.807, 2.05) is 4.90 Å². The zero-order chi connectivity index (χ0) is 13.9. The zero-order valence-electron chi connectivity index (χ0n) is 10.9. The smallest absolute Gasteiger partial charge is 0.250 e. The Bertz CT molecular complexity index is 657. The monoisotopic (exact) mass is 274 g/mol. The quantitative estimate of drug-likeness (QED) is 0.905. The van der Waals surface area contributed by atoms with E-state index in [1.165, 1.54) is 18.6 Å². The first-order valence-corrected chi connectivity index (χ1v) is 6.63. The highest BCUT2D eigenvalue weighted by atomic mass is 19.1. The van der Waals surface area contributed by atoms with E-state index in [9.17, 15) is 9.18 Å². The first-order valence-electron chi connectivity index (χ1n) is 6.63. The van der Waals surface area contributed by atoms with Crippen LogP contribution >= 0.6 is 0 Å². The standard InChI is InChI=1S/C14H15FN4O/c15-11-7-16-4-3-13(11)19-5-1-2-10(8-19)12-6-14(20)18-9-17-12/h3-4,6-7,9-10H,1-2,5,8H2,(H,17,18,20). The van der Waals surface area contributed by atoms with E-state index in [1.54, 1.807) is 12.3 Å². The van der Waals surface area contributed by atoms with Crippen molar-refractivity contribution in [2.75, 3.05) is 18.0 Å². The summed E-state index contributed by atoms with van der Waals surface area (Å²) in [6, 6.07) is 3.21. The zero-order valence-corrected chi connectivity index (χ0v) is 10.9. The number of aromatic nitrogens is 3. The highest BCUT2D eigenvalue weighted by Crippen LogP contribution is 2.29. The molecule has 0 saturated carbocycles. The molecule has 0 radical (unpaired) electrons. The Hall–Kier alpha value is -2.24. The molecule has 3 rings (SSSR count). The number of anilines is 1. The predicted octanol–water partition coefficient (Wildman–Crippen LogP) is 1.69. The van der Waals surface area contributed by atoms with Gasteiger partial charge in [0.2, 0.25) is 0 Å². The van der Waals surface area contributed by atoms with Gasteiger partial charge in [-0.05, 0) is 18.9 Å². The lowest BCUT2D eigenvalue weighted by atomic mass is 9.94. The highest BCUT2D eigenvalue weighted by Gasteiger charge is 2.24.